The molecule has 1 aliphatic rings. The van der Waals surface area contributed by atoms with E-state index >= 15 is 0 Å². The molecule has 0 spiro atoms. The van der Waals surface area contributed by atoms with E-state index in [1.165, 1.54) is 34.6 Å². The van der Waals surface area contributed by atoms with Gasteiger partial charge in [0.2, 0.25) is 0 Å². The van der Waals surface area contributed by atoms with Crippen LogP contribution in [0.5, 0.6) is 0 Å². The highest BCUT2D eigenvalue weighted by atomic mass is 32.2. The summed E-state index contributed by atoms with van der Waals surface area (Å²) >= 11 is 1.94. The highest BCUT2D eigenvalue weighted by Gasteiger charge is 2.11. The Labute approximate surface area is 112 Å². The van der Waals surface area contributed by atoms with Crippen LogP contribution in [0.25, 0.3) is 0 Å². The second-order valence-corrected chi connectivity index (χ2v) is 5.91. The van der Waals surface area contributed by atoms with Gasteiger partial charge < -0.3 is 10.0 Å². The number of carbonyl (C=O) groups is 1. The van der Waals surface area contributed by atoms with Crippen LogP contribution >= 0.6 is 11.8 Å². The van der Waals surface area contributed by atoms with Gasteiger partial charge >= 0.3 is 5.97 Å². The quantitative estimate of drug-likeness (QED) is 0.888. The van der Waals surface area contributed by atoms with E-state index in [4.69, 9.17) is 5.11 Å². The Balaban J connectivity index is 1.95. The maximum absolute atomic E-state index is 10.5. The zero-order valence-electron chi connectivity index (χ0n) is 10.7. The van der Waals surface area contributed by atoms with Gasteiger partial charge in [-0.1, -0.05) is 12.1 Å². The van der Waals surface area contributed by atoms with Crippen LogP contribution < -0.4 is 0 Å². The summed E-state index contributed by atoms with van der Waals surface area (Å²) in [7, 11) is 1.97. The number of nitrogens with zero attached hydrogens (tertiary/aromatic N) is 1. The Morgan fingerprint density at radius 3 is 3.11 bits per heavy atom. The van der Waals surface area contributed by atoms with E-state index in [0.717, 1.165) is 6.54 Å². The minimum atomic E-state index is -0.733. The number of benzene rings is 1. The second-order valence-electron chi connectivity index (χ2n) is 4.78. The van der Waals surface area contributed by atoms with Crippen molar-refractivity contribution in [3.05, 3.63) is 29.3 Å². The van der Waals surface area contributed by atoms with Crippen molar-refractivity contribution in [3.8, 4) is 0 Å². The molecule has 2 rings (SSSR count). The lowest BCUT2D eigenvalue weighted by Gasteiger charge is -2.19. The summed E-state index contributed by atoms with van der Waals surface area (Å²) in [6, 6.07) is 6.65. The van der Waals surface area contributed by atoms with Crippen LogP contribution in [0.3, 0.4) is 0 Å². The van der Waals surface area contributed by atoms with Crippen LogP contribution in [0.2, 0.25) is 0 Å². The number of carboxylic acid groups (broad SMARTS) is 1. The smallest absolute Gasteiger partial charge is 0.304 e. The molecule has 1 N–H and O–H groups in total. The zero-order valence-corrected chi connectivity index (χ0v) is 11.5. The Morgan fingerprint density at radius 1 is 1.50 bits per heavy atom. The number of hydrogen-bond donors (Lipinski definition) is 1. The Hall–Kier alpha value is -1.00. The van der Waals surface area contributed by atoms with E-state index in [2.05, 4.69) is 23.1 Å². The SMILES string of the molecule is CN(CCC(=O)O)Cc1ccc2c(c1)CCCS2. The largest absolute Gasteiger partial charge is 0.481 e. The van der Waals surface area contributed by atoms with Crippen LogP contribution in [0.1, 0.15) is 24.0 Å². The Bertz CT molecular complexity index is 434. The van der Waals surface area contributed by atoms with Gasteiger partial charge in [-0.2, -0.15) is 0 Å². The highest BCUT2D eigenvalue weighted by molar-refractivity contribution is 7.99. The molecule has 1 aromatic rings. The first-order valence-corrected chi connectivity index (χ1v) is 7.28. The van der Waals surface area contributed by atoms with Crippen molar-refractivity contribution in [3.63, 3.8) is 0 Å². The molecule has 4 heteroatoms. The normalized spacial score (nSPS) is 14.6. The van der Waals surface area contributed by atoms with E-state index < -0.39 is 5.97 Å². The third-order valence-electron chi connectivity index (χ3n) is 3.13. The first-order valence-electron chi connectivity index (χ1n) is 6.30. The molecule has 0 saturated carbocycles. The summed E-state index contributed by atoms with van der Waals surface area (Å²) < 4.78 is 0. The third kappa shape index (κ3) is 3.75. The number of thioether (sulfide) groups is 1. The van der Waals surface area contributed by atoms with E-state index in [-0.39, 0.29) is 6.42 Å². The number of hydrogen-bond acceptors (Lipinski definition) is 3. The van der Waals surface area contributed by atoms with E-state index in [1.54, 1.807) is 0 Å². The van der Waals surface area contributed by atoms with Gasteiger partial charge in [0.15, 0.2) is 0 Å². The fourth-order valence-corrected chi connectivity index (χ4v) is 3.21. The predicted octanol–water partition coefficient (Wildman–Crippen LogP) is 2.63. The molecule has 0 aliphatic carbocycles. The fraction of sp³-hybridized carbons (Fsp3) is 0.500. The first kappa shape index (κ1) is 13.4. The van der Waals surface area contributed by atoms with E-state index in [1.807, 2.05) is 18.8 Å². The fourth-order valence-electron chi connectivity index (χ4n) is 2.19. The summed E-state index contributed by atoms with van der Waals surface area (Å²) in [5.74, 6) is 0.494. The van der Waals surface area contributed by atoms with Crippen molar-refractivity contribution in [1.29, 1.82) is 0 Å². The van der Waals surface area contributed by atoms with Crippen LogP contribution in [0.15, 0.2) is 23.1 Å². The van der Waals surface area contributed by atoms with Crippen molar-refractivity contribution in [2.75, 3.05) is 19.3 Å². The molecule has 0 atom stereocenters. The summed E-state index contributed by atoms with van der Waals surface area (Å²) in [5.41, 5.74) is 2.74. The van der Waals surface area contributed by atoms with Crippen LogP contribution in [-0.2, 0) is 17.8 Å². The second kappa shape index (κ2) is 6.25. The van der Waals surface area contributed by atoms with Crippen molar-refractivity contribution in [1.82, 2.24) is 4.90 Å². The molecule has 0 radical (unpaired) electrons. The molecule has 0 fully saturated rings. The van der Waals surface area contributed by atoms with Crippen molar-refractivity contribution in [2.45, 2.75) is 30.7 Å². The Kier molecular flexibility index (Phi) is 4.66. The average molecular weight is 265 g/mol. The molecule has 0 saturated heterocycles. The summed E-state index contributed by atoms with van der Waals surface area (Å²) in [4.78, 5) is 14.0. The van der Waals surface area contributed by atoms with Gasteiger partial charge in [-0.05, 0) is 42.8 Å². The van der Waals surface area contributed by atoms with Crippen molar-refractivity contribution in [2.24, 2.45) is 0 Å². The molecular weight excluding hydrogens is 246 g/mol. The molecule has 0 amide bonds. The van der Waals surface area contributed by atoms with Gasteiger partial charge in [-0.25, -0.2) is 0 Å². The molecule has 1 heterocycles. The molecule has 0 bridgehead atoms. The highest BCUT2D eigenvalue weighted by Crippen LogP contribution is 2.30. The van der Waals surface area contributed by atoms with E-state index in [0.29, 0.717) is 6.54 Å². The minimum absolute atomic E-state index is 0.206. The summed E-state index contributed by atoms with van der Waals surface area (Å²) in [6.07, 6.45) is 2.64. The zero-order chi connectivity index (χ0) is 13.0. The maximum atomic E-state index is 10.5. The number of aliphatic carboxylic acids is 1. The van der Waals surface area contributed by atoms with Gasteiger partial charge in [0.05, 0.1) is 6.42 Å². The summed E-state index contributed by atoms with van der Waals surface area (Å²) in [6.45, 7) is 1.42. The topological polar surface area (TPSA) is 40.5 Å². The third-order valence-corrected chi connectivity index (χ3v) is 4.33. The Morgan fingerprint density at radius 2 is 2.33 bits per heavy atom. The minimum Gasteiger partial charge on any atom is -0.481 e. The molecule has 1 aromatic carbocycles. The molecule has 0 unspecified atom stereocenters. The number of aryl methyl sites for hydroxylation is 1. The van der Waals surface area contributed by atoms with Gasteiger partial charge in [0.1, 0.15) is 0 Å². The van der Waals surface area contributed by atoms with Crippen LogP contribution in [0.4, 0.5) is 0 Å². The van der Waals surface area contributed by atoms with Gasteiger partial charge in [-0.15, -0.1) is 11.8 Å². The lowest BCUT2D eigenvalue weighted by molar-refractivity contribution is -0.137. The van der Waals surface area contributed by atoms with Crippen LogP contribution in [-0.4, -0.2) is 35.3 Å². The maximum Gasteiger partial charge on any atom is 0.304 e. The molecule has 0 aromatic heterocycles. The molecule has 18 heavy (non-hydrogen) atoms. The van der Waals surface area contributed by atoms with Gasteiger partial charge in [0, 0.05) is 18.0 Å². The van der Waals surface area contributed by atoms with Gasteiger partial charge in [0.25, 0.3) is 0 Å². The lowest BCUT2D eigenvalue weighted by atomic mass is 10.1. The van der Waals surface area contributed by atoms with Gasteiger partial charge in [-0.3, -0.25) is 4.79 Å². The average Bonchev–Trinajstić information content (AvgIpc) is 2.36. The van der Waals surface area contributed by atoms with E-state index in [9.17, 15) is 4.79 Å². The first-order chi connectivity index (χ1) is 8.65. The number of rotatable bonds is 5. The standard InChI is InChI=1S/C14H19NO2S/c1-15(7-6-14(16)17)10-11-4-5-13-12(9-11)3-2-8-18-13/h4-5,9H,2-3,6-8,10H2,1H3,(H,16,17). The predicted molar refractivity (Wildman–Crippen MR) is 74.1 cm³/mol. The monoisotopic (exact) mass is 265 g/mol. The molecular formula is C14H19NO2S. The van der Waals surface area contributed by atoms with Crippen molar-refractivity contribution < 1.29 is 9.90 Å². The van der Waals surface area contributed by atoms with Crippen LogP contribution in [0, 0.1) is 0 Å². The molecule has 1 aliphatic heterocycles. The number of fused-ring (bicyclic) bond motifs is 1. The molecule has 98 valence electrons. The molecule has 3 nitrogen and oxygen atoms in total. The lowest BCUT2D eigenvalue weighted by Crippen LogP contribution is -2.21. The summed E-state index contributed by atoms with van der Waals surface area (Å²) in [5, 5.41) is 8.66. The van der Waals surface area contributed by atoms with Crippen molar-refractivity contribution >= 4 is 17.7 Å². The number of carboxylic acids is 1.